The fourth-order valence-electron chi connectivity index (χ4n) is 2.75. The van der Waals surface area contributed by atoms with Crippen molar-refractivity contribution in [2.75, 3.05) is 12.0 Å². The van der Waals surface area contributed by atoms with E-state index in [2.05, 4.69) is 15.9 Å². The molecular formula is C14H18BrNO3S. The Balaban J connectivity index is 2.21. The minimum absolute atomic E-state index is 0.0386. The first kappa shape index (κ1) is 15.5. The highest BCUT2D eigenvalue weighted by Gasteiger charge is 2.33. The molecular weight excluding hydrogens is 342 g/mol. The maximum atomic E-state index is 12.5. The quantitative estimate of drug-likeness (QED) is 0.664. The van der Waals surface area contributed by atoms with Crippen LogP contribution in [0.2, 0.25) is 0 Å². The van der Waals surface area contributed by atoms with E-state index in [0.717, 1.165) is 17.3 Å². The molecule has 0 amide bonds. The van der Waals surface area contributed by atoms with Crippen LogP contribution in [-0.4, -0.2) is 25.7 Å². The summed E-state index contributed by atoms with van der Waals surface area (Å²) >= 11 is 3.31. The van der Waals surface area contributed by atoms with Crippen molar-refractivity contribution in [2.45, 2.75) is 30.9 Å². The average Bonchev–Trinajstić information content (AvgIpc) is 2.37. The van der Waals surface area contributed by atoms with Gasteiger partial charge >= 0.3 is 0 Å². The van der Waals surface area contributed by atoms with Gasteiger partial charge in [-0.3, -0.25) is 4.79 Å². The summed E-state index contributed by atoms with van der Waals surface area (Å²) in [5.74, 6) is -0.282. The standard InChI is InChI=1S/C14H18BrNO3S/c1-20(18,19)11-4-2-3-9(7-11)14(17)12-6-5-10(15)8-13(12)16/h5-6,8-9,11H,2-4,7,16H2,1H3. The predicted octanol–water partition coefficient (Wildman–Crippen LogP) is 2.82. The molecule has 1 aromatic carbocycles. The van der Waals surface area contributed by atoms with E-state index in [1.54, 1.807) is 18.2 Å². The minimum Gasteiger partial charge on any atom is -0.398 e. The van der Waals surface area contributed by atoms with Crippen molar-refractivity contribution in [3.05, 3.63) is 28.2 Å². The van der Waals surface area contributed by atoms with Crippen LogP contribution < -0.4 is 5.73 Å². The van der Waals surface area contributed by atoms with Gasteiger partial charge in [0.05, 0.1) is 5.25 Å². The summed E-state index contributed by atoms with van der Waals surface area (Å²) in [7, 11) is -3.08. The topological polar surface area (TPSA) is 77.2 Å². The monoisotopic (exact) mass is 359 g/mol. The average molecular weight is 360 g/mol. The summed E-state index contributed by atoms with van der Waals surface area (Å²) < 4.78 is 24.1. The lowest BCUT2D eigenvalue weighted by molar-refractivity contribution is 0.0892. The van der Waals surface area contributed by atoms with Crippen molar-refractivity contribution in [3.63, 3.8) is 0 Å². The molecule has 0 heterocycles. The summed E-state index contributed by atoms with van der Waals surface area (Å²) in [5.41, 5.74) is 6.81. The van der Waals surface area contributed by atoms with Crippen LogP contribution in [0.1, 0.15) is 36.0 Å². The van der Waals surface area contributed by atoms with Gasteiger partial charge in [0.15, 0.2) is 5.78 Å². The number of Topliss-reactive ketones (excluding diaryl/α,β-unsaturated/α-hetero) is 1. The number of halogens is 1. The number of carbonyl (C=O) groups excluding carboxylic acids is 1. The number of hydrogen-bond acceptors (Lipinski definition) is 4. The van der Waals surface area contributed by atoms with E-state index in [4.69, 9.17) is 5.73 Å². The van der Waals surface area contributed by atoms with Crippen molar-refractivity contribution in [2.24, 2.45) is 5.92 Å². The highest BCUT2D eigenvalue weighted by molar-refractivity contribution is 9.10. The van der Waals surface area contributed by atoms with Crippen molar-refractivity contribution < 1.29 is 13.2 Å². The van der Waals surface area contributed by atoms with Gasteiger partial charge < -0.3 is 5.73 Å². The normalized spacial score (nSPS) is 23.5. The number of hydrogen-bond donors (Lipinski definition) is 1. The Bertz CT molecular complexity index is 627. The van der Waals surface area contributed by atoms with Gasteiger partial charge in [-0.1, -0.05) is 22.4 Å². The largest absolute Gasteiger partial charge is 0.398 e. The molecule has 4 nitrogen and oxygen atoms in total. The Morgan fingerprint density at radius 3 is 2.65 bits per heavy atom. The summed E-state index contributed by atoms with van der Waals surface area (Å²) in [6, 6.07) is 5.18. The third kappa shape index (κ3) is 3.41. The Hall–Kier alpha value is -0.880. The number of sulfone groups is 1. The zero-order valence-corrected chi connectivity index (χ0v) is 13.7. The van der Waals surface area contributed by atoms with E-state index < -0.39 is 15.1 Å². The number of benzene rings is 1. The summed E-state index contributed by atoms with van der Waals surface area (Å²) in [6.45, 7) is 0. The van der Waals surface area contributed by atoms with Crippen LogP contribution in [-0.2, 0) is 9.84 Å². The van der Waals surface area contributed by atoms with Gasteiger partial charge in [-0.15, -0.1) is 0 Å². The maximum Gasteiger partial charge on any atom is 0.168 e. The maximum absolute atomic E-state index is 12.5. The van der Waals surface area contributed by atoms with Crippen molar-refractivity contribution in [3.8, 4) is 0 Å². The van der Waals surface area contributed by atoms with Crippen LogP contribution in [0.5, 0.6) is 0 Å². The van der Waals surface area contributed by atoms with Crippen molar-refractivity contribution in [1.29, 1.82) is 0 Å². The SMILES string of the molecule is CS(=O)(=O)C1CCCC(C(=O)c2ccc(Br)cc2N)C1. The van der Waals surface area contributed by atoms with E-state index in [-0.39, 0.29) is 11.7 Å². The fraction of sp³-hybridized carbons (Fsp3) is 0.500. The van der Waals surface area contributed by atoms with E-state index in [1.165, 1.54) is 6.26 Å². The molecule has 2 rings (SSSR count). The molecule has 0 aromatic heterocycles. The highest BCUT2D eigenvalue weighted by atomic mass is 79.9. The van der Waals surface area contributed by atoms with E-state index in [1.807, 2.05) is 0 Å². The first-order chi connectivity index (χ1) is 9.29. The van der Waals surface area contributed by atoms with Gasteiger partial charge in [-0.2, -0.15) is 0 Å². The van der Waals surface area contributed by atoms with Crippen LogP contribution in [0.4, 0.5) is 5.69 Å². The highest BCUT2D eigenvalue weighted by Crippen LogP contribution is 2.32. The summed E-state index contributed by atoms with van der Waals surface area (Å²) in [6.07, 6.45) is 3.81. The molecule has 2 unspecified atom stereocenters. The second kappa shape index (κ2) is 5.85. The smallest absolute Gasteiger partial charge is 0.168 e. The number of ketones is 1. The predicted molar refractivity (Wildman–Crippen MR) is 83.5 cm³/mol. The minimum atomic E-state index is -3.08. The molecule has 2 atom stereocenters. The zero-order valence-electron chi connectivity index (χ0n) is 11.3. The van der Waals surface area contributed by atoms with E-state index in [0.29, 0.717) is 24.1 Å². The molecule has 110 valence electrons. The summed E-state index contributed by atoms with van der Waals surface area (Å²) in [4.78, 5) is 12.5. The Morgan fingerprint density at radius 1 is 1.35 bits per heavy atom. The number of nitrogens with two attached hydrogens (primary N) is 1. The molecule has 0 bridgehead atoms. The van der Waals surface area contributed by atoms with Gasteiger partial charge in [-0.25, -0.2) is 8.42 Å². The molecule has 1 fully saturated rings. The molecule has 0 spiro atoms. The first-order valence-electron chi connectivity index (χ1n) is 6.57. The van der Waals surface area contributed by atoms with Crippen molar-refractivity contribution in [1.82, 2.24) is 0 Å². The number of anilines is 1. The van der Waals surface area contributed by atoms with Crippen LogP contribution in [0.3, 0.4) is 0 Å². The van der Waals surface area contributed by atoms with E-state index in [9.17, 15) is 13.2 Å². The Morgan fingerprint density at radius 2 is 2.05 bits per heavy atom. The Labute approximate surface area is 127 Å². The Kier molecular flexibility index (Phi) is 4.54. The van der Waals surface area contributed by atoms with Crippen LogP contribution in [0.25, 0.3) is 0 Å². The number of carbonyl (C=O) groups is 1. The lowest BCUT2D eigenvalue weighted by Crippen LogP contribution is -2.31. The third-order valence-corrected chi connectivity index (χ3v) is 6.01. The van der Waals surface area contributed by atoms with Gasteiger partial charge in [-0.05, 0) is 37.5 Å². The number of nitrogen functional groups attached to an aromatic ring is 1. The van der Waals surface area contributed by atoms with Gasteiger partial charge in [0.2, 0.25) is 0 Å². The molecule has 1 saturated carbocycles. The second-order valence-corrected chi connectivity index (χ2v) is 8.65. The van der Waals surface area contributed by atoms with Crippen LogP contribution >= 0.6 is 15.9 Å². The molecule has 1 aliphatic carbocycles. The van der Waals surface area contributed by atoms with Crippen molar-refractivity contribution >= 4 is 37.2 Å². The second-order valence-electron chi connectivity index (χ2n) is 5.41. The van der Waals surface area contributed by atoms with E-state index >= 15 is 0 Å². The zero-order chi connectivity index (χ0) is 14.9. The lowest BCUT2D eigenvalue weighted by atomic mass is 9.83. The molecule has 1 aliphatic rings. The lowest BCUT2D eigenvalue weighted by Gasteiger charge is -2.27. The van der Waals surface area contributed by atoms with Gasteiger partial charge in [0.1, 0.15) is 9.84 Å². The molecule has 0 aliphatic heterocycles. The molecule has 0 radical (unpaired) electrons. The third-order valence-electron chi connectivity index (χ3n) is 3.88. The summed E-state index contributed by atoms with van der Waals surface area (Å²) in [5, 5.41) is -0.401. The van der Waals surface area contributed by atoms with Gasteiger partial charge in [0, 0.05) is 27.9 Å². The first-order valence-corrected chi connectivity index (χ1v) is 9.32. The molecule has 0 saturated heterocycles. The molecule has 1 aromatic rings. The molecule has 20 heavy (non-hydrogen) atoms. The fourth-order valence-corrected chi connectivity index (χ4v) is 4.31. The molecule has 2 N–H and O–H groups in total. The van der Waals surface area contributed by atoms with Crippen LogP contribution in [0, 0.1) is 5.92 Å². The van der Waals surface area contributed by atoms with Gasteiger partial charge in [0.25, 0.3) is 0 Å². The number of rotatable bonds is 3. The molecule has 6 heteroatoms. The van der Waals surface area contributed by atoms with Crippen LogP contribution in [0.15, 0.2) is 22.7 Å².